The van der Waals surface area contributed by atoms with Crippen molar-refractivity contribution >= 4 is 0 Å². The molecule has 3 rings (SSSR count). The third-order valence-electron chi connectivity index (χ3n) is 4.19. The first kappa shape index (κ1) is 14.2. The van der Waals surface area contributed by atoms with Gasteiger partial charge >= 0.3 is 0 Å². The van der Waals surface area contributed by atoms with Crippen molar-refractivity contribution in [3.8, 4) is 0 Å². The monoisotopic (exact) mass is 288 g/mol. The lowest BCUT2D eigenvalue weighted by molar-refractivity contribution is 0.177. The molecule has 0 spiro atoms. The van der Waals surface area contributed by atoms with E-state index in [1.807, 2.05) is 12.1 Å². The summed E-state index contributed by atoms with van der Waals surface area (Å²) in [5.74, 6) is -1.20. The maximum absolute atomic E-state index is 13.6. The minimum atomic E-state index is -0.766. The van der Waals surface area contributed by atoms with Crippen molar-refractivity contribution in [2.75, 3.05) is 0 Å². The van der Waals surface area contributed by atoms with E-state index in [4.69, 9.17) is 0 Å². The Bertz CT molecular complexity index is 652. The Morgan fingerprint density at radius 1 is 0.952 bits per heavy atom. The summed E-state index contributed by atoms with van der Waals surface area (Å²) in [5, 5.41) is 10.3. The smallest absolute Gasteiger partial charge is 0.129 e. The van der Waals surface area contributed by atoms with Gasteiger partial charge in [0.2, 0.25) is 0 Å². The lowest BCUT2D eigenvalue weighted by Gasteiger charge is -2.19. The molecule has 3 heteroatoms. The molecule has 1 N–H and O–H groups in total. The van der Waals surface area contributed by atoms with Gasteiger partial charge in [-0.2, -0.15) is 0 Å². The molecule has 0 radical (unpaired) electrons. The zero-order valence-corrected chi connectivity index (χ0v) is 11.8. The van der Waals surface area contributed by atoms with Crippen LogP contribution in [0.4, 0.5) is 8.78 Å². The number of hydrogen-bond acceptors (Lipinski definition) is 1. The van der Waals surface area contributed by atoms with Crippen molar-refractivity contribution in [2.24, 2.45) is 0 Å². The molecule has 0 fully saturated rings. The van der Waals surface area contributed by atoms with Crippen LogP contribution in [0.15, 0.2) is 36.4 Å². The zero-order chi connectivity index (χ0) is 14.8. The maximum atomic E-state index is 13.6. The van der Waals surface area contributed by atoms with Crippen LogP contribution in [0, 0.1) is 11.6 Å². The van der Waals surface area contributed by atoms with Crippen LogP contribution in [0.3, 0.4) is 0 Å². The first-order chi connectivity index (χ1) is 10.1. The summed E-state index contributed by atoms with van der Waals surface area (Å²) in [4.78, 5) is 0. The van der Waals surface area contributed by atoms with Crippen molar-refractivity contribution in [3.63, 3.8) is 0 Å². The van der Waals surface area contributed by atoms with Crippen molar-refractivity contribution in [3.05, 3.63) is 70.3 Å². The van der Waals surface area contributed by atoms with Crippen LogP contribution >= 0.6 is 0 Å². The van der Waals surface area contributed by atoms with E-state index < -0.39 is 17.7 Å². The number of rotatable bonds is 3. The quantitative estimate of drug-likeness (QED) is 0.900. The highest BCUT2D eigenvalue weighted by Crippen LogP contribution is 2.27. The molecule has 0 bridgehead atoms. The molecule has 1 nitrogen and oxygen atoms in total. The van der Waals surface area contributed by atoms with E-state index in [-0.39, 0.29) is 6.42 Å². The van der Waals surface area contributed by atoms with Crippen LogP contribution in [-0.2, 0) is 19.3 Å². The van der Waals surface area contributed by atoms with E-state index >= 15 is 0 Å². The fourth-order valence-corrected chi connectivity index (χ4v) is 2.97. The first-order valence-electron chi connectivity index (χ1n) is 7.37. The van der Waals surface area contributed by atoms with Crippen LogP contribution in [0.2, 0.25) is 0 Å². The van der Waals surface area contributed by atoms with Gasteiger partial charge in [-0.05, 0) is 54.0 Å². The molecule has 1 atom stereocenters. The predicted molar refractivity (Wildman–Crippen MR) is 78.1 cm³/mol. The number of aryl methyl sites for hydroxylation is 2. The lowest BCUT2D eigenvalue weighted by Crippen LogP contribution is -2.07. The summed E-state index contributed by atoms with van der Waals surface area (Å²) < 4.78 is 26.5. The fourth-order valence-electron chi connectivity index (χ4n) is 2.97. The fraction of sp³-hybridized carbons (Fsp3) is 0.333. The van der Waals surface area contributed by atoms with Crippen molar-refractivity contribution < 1.29 is 13.9 Å². The molecule has 2 aromatic carbocycles. The number of benzene rings is 2. The van der Waals surface area contributed by atoms with Gasteiger partial charge in [0.1, 0.15) is 11.6 Å². The second-order valence-corrected chi connectivity index (χ2v) is 5.69. The highest BCUT2D eigenvalue weighted by Gasteiger charge is 2.15. The summed E-state index contributed by atoms with van der Waals surface area (Å²) in [6.07, 6.45) is 3.93. The number of aliphatic hydroxyl groups is 1. The topological polar surface area (TPSA) is 20.2 Å². The third kappa shape index (κ3) is 3.13. The van der Waals surface area contributed by atoms with Crippen molar-refractivity contribution in [1.29, 1.82) is 0 Å². The molecule has 1 aliphatic rings. The van der Waals surface area contributed by atoms with Gasteiger partial charge in [0.05, 0.1) is 6.10 Å². The number of hydrogen-bond donors (Lipinski definition) is 1. The van der Waals surface area contributed by atoms with Crippen LogP contribution in [0.5, 0.6) is 0 Å². The standard InChI is InChI=1S/C18H18F2O/c19-16-8-7-14(17(20)11-16)10-18(21)15-6-5-12-3-1-2-4-13(12)9-15/h5-9,11,18,21H,1-4,10H2. The van der Waals surface area contributed by atoms with Gasteiger partial charge in [0.15, 0.2) is 0 Å². The summed E-state index contributed by atoms with van der Waals surface area (Å²) in [6, 6.07) is 9.48. The molecule has 21 heavy (non-hydrogen) atoms. The second-order valence-electron chi connectivity index (χ2n) is 5.69. The Kier molecular flexibility index (Phi) is 4.02. The van der Waals surface area contributed by atoms with E-state index in [0.29, 0.717) is 5.56 Å². The largest absolute Gasteiger partial charge is 0.388 e. The van der Waals surface area contributed by atoms with Gasteiger partial charge in [0, 0.05) is 12.5 Å². The van der Waals surface area contributed by atoms with Crippen LogP contribution in [0.1, 0.15) is 41.2 Å². The zero-order valence-electron chi connectivity index (χ0n) is 11.8. The van der Waals surface area contributed by atoms with E-state index in [1.54, 1.807) is 0 Å². The van der Waals surface area contributed by atoms with Gasteiger partial charge < -0.3 is 5.11 Å². The summed E-state index contributed by atoms with van der Waals surface area (Å²) in [7, 11) is 0. The molecule has 0 heterocycles. The highest BCUT2D eigenvalue weighted by molar-refractivity contribution is 5.35. The van der Waals surface area contributed by atoms with Gasteiger partial charge in [0.25, 0.3) is 0 Å². The number of halogens is 2. The third-order valence-corrected chi connectivity index (χ3v) is 4.19. The normalized spacial score (nSPS) is 15.6. The molecular weight excluding hydrogens is 270 g/mol. The Hall–Kier alpha value is -1.74. The second kappa shape index (κ2) is 5.94. The van der Waals surface area contributed by atoms with Gasteiger partial charge in [-0.25, -0.2) is 8.78 Å². The molecule has 110 valence electrons. The SMILES string of the molecule is OC(Cc1ccc(F)cc1F)c1ccc2c(c1)CCCC2. The average molecular weight is 288 g/mol. The molecular formula is C18H18F2O. The Morgan fingerprint density at radius 3 is 2.48 bits per heavy atom. The Morgan fingerprint density at radius 2 is 1.71 bits per heavy atom. The summed E-state index contributed by atoms with van der Waals surface area (Å²) in [6.45, 7) is 0. The Labute approximate surface area is 123 Å². The van der Waals surface area contributed by atoms with Crippen LogP contribution in [-0.4, -0.2) is 5.11 Å². The van der Waals surface area contributed by atoms with E-state index in [1.165, 1.54) is 36.1 Å². The molecule has 0 aromatic heterocycles. The molecule has 0 saturated carbocycles. The molecule has 2 aromatic rings. The number of aliphatic hydroxyl groups excluding tert-OH is 1. The highest BCUT2D eigenvalue weighted by atomic mass is 19.1. The molecule has 0 aliphatic heterocycles. The van der Waals surface area contributed by atoms with Crippen LogP contribution in [0.25, 0.3) is 0 Å². The average Bonchev–Trinajstić information content (AvgIpc) is 2.49. The van der Waals surface area contributed by atoms with Gasteiger partial charge in [-0.3, -0.25) is 0 Å². The number of fused-ring (bicyclic) bond motifs is 1. The maximum Gasteiger partial charge on any atom is 0.129 e. The van der Waals surface area contributed by atoms with Crippen molar-refractivity contribution in [2.45, 2.75) is 38.2 Å². The summed E-state index contributed by atoms with van der Waals surface area (Å²) >= 11 is 0. The molecule has 0 saturated heterocycles. The van der Waals surface area contributed by atoms with Crippen LogP contribution < -0.4 is 0 Å². The lowest BCUT2D eigenvalue weighted by atomic mass is 9.89. The predicted octanol–water partition coefficient (Wildman–Crippen LogP) is 4.12. The molecule has 1 unspecified atom stereocenters. The van der Waals surface area contributed by atoms with E-state index in [2.05, 4.69) is 6.07 Å². The van der Waals surface area contributed by atoms with Gasteiger partial charge in [-0.15, -0.1) is 0 Å². The molecule has 0 amide bonds. The van der Waals surface area contributed by atoms with Gasteiger partial charge in [-0.1, -0.05) is 24.3 Å². The first-order valence-corrected chi connectivity index (χ1v) is 7.37. The minimum absolute atomic E-state index is 0.158. The molecule has 1 aliphatic carbocycles. The minimum Gasteiger partial charge on any atom is -0.388 e. The van der Waals surface area contributed by atoms with E-state index in [0.717, 1.165) is 24.5 Å². The summed E-state index contributed by atoms with van der Waals surface area (Å²) in [5.41, 5.74) is 3.78. The van der Waals surface area contributed by atoms with E-state index in [9.17, 15) is 13.9 Å². The van der Waals surface area contributed by atoms with Crippen molar-refractivity contribution in [1.82, 2.24) is 0 Å². The Balaban J connectivity index is 1.80.